The van der Waals surface area contributed by atoms with Crippen molar-refractivity contribution in [1.82, 2.24) is 15.5 Å². The maximum absolute atomic E-state index is 5.28. The van der Waals surface area contributed by atoms with Crippen molar-refractivity contribution in [3.8, 4) is 0 Å². The van der Waals surface area contributed by atoms with Crippen LogP contribution in [0.4, 0.5) is 0 Å². The highest BCUT2D eigenvalue weighted by Crippen LogP contribution is 2.14. The molecule has 5 heteroatoms. The number of nitrogens with zero attached hydrogens (tertiary/aromatic N) is 2. The van der Waals surface area contributed by atoms with Gasteiger partial charge >= 0.3 is 0 Å². The number of guanidine groups is 1. The molecule has 0 unspecified atom stereocenters. The molecular formula is C14H30N4O. The van der Waals surface area contributed by atoms with E-state index in [2.05, 4.69) is 27.4 Å². The minimum absolute atomic E-state index is 0.723. The highest BCUT2D eigenvalue weighted by atomic mass is 16.5. The van der Waals surface area contributed by atoms with E-state index in [9.17, 15) is 0 Å². The SMILES string of the molecule is CCOCCNC(=NC)NCCN1CCC(C)CC1. The van der Waals surface area contributed by atoms with Gasteiger partial charge in [0.2, 0.25) is 0 Å². The zero-order chi connectivity index (χ0) is 13.9. The monoisotopic (exact) mass is 270 g/mol. The van der Waals surface area contributed by atoms with Gasteiger partial charge in [-0.05, 0) is 38.8 Å². The lowest BCUT2D eigenvalue weighted by molar-refractivity contribution is 0.152. The molecule has 0 radical (unpaired) electrons. The number of nitrogens with one attached hydrogen (secondary N) is 2. The molecule has 0 spiro atoms. The quantitative estimate of drug-likeness (QED) is 0.410. The summed E-state index contributed by atoms with van der Waals surface area (Å²) < 4.78 is 5.28. The van der Waals surface area contributed by atoms with E-state index < -0.39 is 0 Å². The molecule has 0 aromatic rings. The molecule has 0 bridgehead atoms. The first kappa shape index (κ1) is 16.2. The Kier molecular flexibility index (Phi) is 8.58. The second-order valence-electron chi connectivity index (χ2n) is 5.15. The third-order valence-corrected chi connectivity index (χ3v) is 3.56. The largest absolute Gasteiger partial charge is 0.380 e. The first-order valence-electron chi connectivity index (χ1n) is 7.50. The molecule has 1 aliphatic heterocycles. The lowest BCUT2D eigenvalue weighted by Gasteiger charge is -2.30. The van der Waals surface area contributed by atoms with Gasteiger partial charge in [0.1, 0.15) is 0 Å². The van der Waals surface area contributed by atoms with Crippen LogP contribution in [0.15, 0.2) is 4.99 Å². The Morgan fingerprint density at radius 2 is 1.95 bits per heavy atom. The van der Waals surface area contributed by atoms with E-state index in [4.69, 9.17) is 4.74 Å². The van der Waals surface area contributed by atoms with Crippen LogP contribution in [0.2, 0.25) is 0 Å². The van der Waals surface area contributed by atoms with Gasteiger partial charge in [-0.2, -0.15) is 0 Å². The Bertz CT molecular complexity index is 250. The van der Waals surface area contributed by atoms with Gasteiger partial charge < -0.3 is 20.3 Å². The van der Waals surface area contributed by atoms with E-state index in [0.29, 0.717) is 0 Å². The maximum atomic E-state index is 5.28. The van der Waals surface area contributed by atoms with Gasteiger partial charge in [-0.1, -0.05) is 6.92 Å². The van der Waals surface area contributed by atoms with Gasteiger partial charge in [0.05, 0.1) is 6.61 Å². The van der Waals surface area contributed by atoms with Crippen molar-refractivity contribution in [1.29, 1.82) is 0 Å². The molecular weight excluding hydrogens is 240 g/mol. The summed E-state index contributed by atoms with van der Waals surface area (Å²) in [4.78, 5) is 6.73. The molecule has 1 saturated heterocycles. The van der Waals surface area contributed by atoms with Gasteiger partial charge in [-0.3, -0.25) is 4.99 Å². The lowest BCUT2D eigenvalue weighted by atomic mass is 9.99. The van der Waals surface area contributed by atoms with Crippen LogP contribution in [0.5, 0.6) is 0 Å². The van der Waals surface area contributed by atoms with Crippen molar-refractivity contribution in [2.75, 3.05) is 53.0 Å². The van der Waals surface area contributed by atoms with Crippen LogP contribution in [-0.4, -0.2) is 63.8 Å². The fraction of sp³-hybridized carbons (Fsp3) is 0.929. The Hall–Kier alpha value is -0.810. The number of aliphatic imine (C=N–C) groups is 1. The number of hydrogen-bond donors (Lipinski definition) is 2. The third kappa shape index (κ3) is 7.38. The molecule has 1 fully saturated rings. The van der Waals surface area contributed by atoms with Gasteiger partial charge in [-0.15, -0.1) is 0 Å². The minimum Gasteiger partial charge on any atom is -0.380 e. The highest BCUT2D eigenvalue weighted by Gasteiger charge is 2.14. The summed E-state index contributed by atoms with van der Waals surface area (Å²) in [6.45, 7) is 11.2. The molecule has 0 saturated carbocycles. The molecule has 0 aromatic heterocycles. The summed E-state index contributed by atoms with van der Waals surface area (Å²) in [7, 11) is 1.80. The minimum atomic E-state index is 0.723. The van der Waals surface area contributed by atoms with Gasteiger partial charge in [0, 0.05) is 33.3 Å². The maximum Gasteiger partial charge on any atom is 0.191 e. The summed E-state index contributed by atoms with van der Waals surface area (Å²) in [5.41, 5.74) is 0. The summed E-state index contributed by atoms with van der Waals surface area (Å²) >= 11 is 0. The van der Waals surface area contributed by atoms with Gasteiger partial charge in [-0.25, -0.2) is 0 Å². The first-order chi connectivity index (χ1) is 9.26. The zero-order valence-corrected chi connectivity index (χ0v) is 12.7. The number of rotatable bonds is 7. The molecule has 19 heavy (non-hydrogen) atoms. The molecule has 1 aliphatic rings. The summed E-state index contributed by atoms with van der Waals surface area (Å²) in [5.74, 6) is 1.77. The fourth-order valence-electron chi connectivity index (χ4n) is 2.22. The summed E-state index contributed by atoms with van der Waals surface area (Å²) in [5, 5.41) is 6.59. The Labute approximate surface area is 117 Å². The number of likely N-dealkylation sites (tertiary alicyclic amines) is 1. The van der Waals surface area contributed by atoms with Crippen molar-refractivity contribution < 1.29 is 4.74 Å². The van der Waals surface area contributed by atoms with E-state index in [1.165, 1.54) is 25.9 Å². The average molecular weight is 270 g/mol. The second-order valence-corrected chi connectivity index (χ2v) is 5.15. The van der Waals surface area contributed by atoms with Crippen LogP contribution in [0, 0.1) is 5.92 Å². The van der Waals surface area contributed by atoms with Gasteiger partial charge in [0.15, 0.2) is 5.96 Å². The van der Waals surface area contributed by atoms with Crippen molar-refractivity contribution in [3.63, 3.8) is 0 Å². The fourth-order valence-corrected chi connectivity index (χ4v) is 2.22. The van der Waals surface area contributed by atoms with Crippen LogP contribution in [0.3, 0.4) is 0 Å². The van der Waals surface area contributed by atoms with E-state index in [0.717, 1.165) is 44.7 Å². The van der Waals surface area contributed by atoms with Crippen LogP contribution >= 0.6 is 0 Å². The van der Waals surface area contributed by atoms with Crippen molar-refractivity contribution in [2.45, 2.75) is 26.7 Å². The zero-order valence-electron chi connectivity index (χ0n) is 12.7. The molecule has 2 N–H and O–H groups in total. The second kappa shape index (κ2) is 10.0. The molecule has 0 aliphatic carbocycles. The topological polar surface area (TPSA) is 48.9 Å². The molecule has 5 nitrogen and oxygen atoms in total. The average Bonchev–Trinajstić information content (AvgIpc) is 2.43. The number of ether oxygens (including phenoxy) is 1. The molecule has 1 heterocycles. The molecule has 1 rings (SSSR count). The van der Waals surface area contributed by atoms with E-state index in [1.807, 2.05) is 6.92 Å². The molecule has 112 valence electrons. The highest BCUT2D eigenvalue weighted by molar-refractivity contribution is 5.79. The summed E-state index contributed by atoms with van der Waals surface area (Å²) in [6.07, 6.45) is 2.67. The van der Waals surface area contributed by atoms with E-state index in [1.54, 1.807) is 7.05 Å². The first-order valence-corrected chi connectivity index (χ1v) is 7.50. The van der Waals surface area contributed by atoms with Crippen LogP contribution in [0.25, 0.3) is 0 Å². The standard InChI is InChI=1S/C14H30N4O/c1-4-19-12-8-17-14(15-3)16-7-11-18-9-5-13(2)6-10-18/h13H,4-12H2,1-3H3,(H2,15,16,17). The molecule has 0 atom stereocenters. The van der Waals surface area contributed by atoms with Crippen LogP contribution in [0.1, 0.15) is 26.7 Å². The van der Waals surface area contributed by atoms with Crippen molar-refractivity contribution >= 4 is 5.96 Å². The number of piperidine rings is 1. The molecule has 0 amide bonds. The van der Waals surface area contributed by atoms with Crippen molar-refractivity contribution in [3.05, 3.63) is 0 Å². The summed E-state index contributed by atoms with van der Waals surface area (Å²) in [6, 6.07) is 0. The van der Waals surface area contributed by atoms with E-state index in [-0.39, 0.29) is 0 Å². The number of hydrogen-bond acceptors (Lipinski definition) is 3. The molecule has 0 aromatic carbocycles. The lowest BCUT2D eigenvalue weighted by Crippen LogP contribution is -2.44. The third-order valence-electron chi connectivity index (χ3n) is 3.56. The van der Waals surface area contributed by atoms with Crippen LogP contribution in [-0.2, 0) is 4.74 Å². The van der Waals surface area contributed by atoms with Gasteiger partial charge in [0.25, 0.3) is 0 Å². The normalized spacial score (nSPS) is 18.6. The predicted molar refractivity (Wildman–Crippen MR) is 80.7 cm³/mol. The smallest absolute Gasteiger partial charge is 0.191 e. The van der Waals surface area contributed by atoms with E-state index >= 15 is 0 Å². The Balaban J connectivity index is 2.06. The predicted octanol–water partition coefficient (Wildman–Crippen LogP) is 0.920. The Morgan fingerprint density at radius 3 is 2.58 bits per heavy atom. The Morgan fingerprint density at radius 1 is 1.26 bits per heavy atom. The van der Waals surface area contributed by atoms with Crippen molar-refractivity contribution in [2.24, 2.45) is 10.9 Å². The van der Waals surface area contributed by atoms with Crippen LogP contribution < -0.4 is 10.6 Å².